The molecule has 2 fully saturated rings. The molecule has 0 radical (unpaired) electrons. The van der Waals surface area contributed by atoms with E-state index in [0.717, 1.165) is 37.3 Å². The lowest BCUT2D eigenvalue weighted by atomic mass is 10.0. The molecule has 1 aromatic rings. The lowest BCUT2D eigenvalue weighted by Crippen LogP contribution is -2.22. The molecule has 2 saturated heterocycles. The number of likely N-dealkylation sites (tertiary alicyclic amines) is 1. The Morgan fingerprint density at radius 3 is 2.41 bits per heavy atom. The Balaban J connectivity index is 1.59. The number of ether oxygens (including phenoxy) is 2. The van der Waals surface area contributed by atoms with Crippen molar-refractivity contribution in [2.24, 2.45) is 11.8 Å². The normalized spacial score (nSPS) is 28.3. The Morgan fingerprint density at radius 1 is 1.18 bits per heavy atom. The van der Waals surface area contributed by atoms with Crippen LogP contribution >= 0.6 is 0 Å². The van der Waals surface area contributed by atoms with E-state index < -0.39 is 0 Å². The van der Waals surface area contributed by atoms with E-state index in [2.05, 4.69) is 17.0 Å². The van der Waals surface area contributed by atoms with E-state index in [-0.39, 0.29) is 0 Å². The van der Waals surface area contributed by atoms with Gasteiger partial charge in [-0.1, -0.05) is 12.1 Å². The summed E-state index contributed by atoms with van der Waals surface area (Å²) in [7, 11) is 1.71. The van der Waals surface area contributed by atoms with Gasteiger partial charge in [-0.15, -0.1) is 0 Å². The summed E-state index contributed by atoms with van der Waals surface area (Å²) in [5.74, 6) is 2.47. The average Bonchev–Trinajstić information content (AvgIpc) is 2.90. The molecule has 2 aliphatic heterocycles. The van der Waals surface area contributed by atoms with E-state index in [1.165, 1.54) is 18.7 Å². The van der Waals surface area contributed by atoms with Gasteiger partial charge in [-0.05, 0) is 17.7 Å². The molecule has 0 bridgehead atoms. The fourth-order valence-corrected chi connectivity index (χ4v) is 2.90. The molecule has 2 atom stereocenters. The van der Waals surface area contributed by atoms with Crippen LogP contribution in [0.15, 0.2) is 24.3 Å². The minimum absolute atomic E-state index is 0.772. The predicted molar refractivity (Wildman–Crippen MR) is 66.1 cm³/mol. The van der Waals surface area contributed by atoms with Crippen molar-refractivity contribution in [2.75, 3.05) is 33.4 Å². The largest absolute Gasteiger partial charge is 0.497 e. The Morgan fingerprint density at radius 2 is 1.82 bits per heavy atom. The molecule has 2 aliphatic rings. The van der Waals surface area contributed by atoms with Crippen LogP contribution < -0.4 is 4.74 Å². The van der Waals surface area contributed by atoms with Crippen molar-refractivity contribution in [3.05, 3.63) is 29.8 Å². The van der Waals surface area contributed by atoms with Crippen molar-refractivity contribution < 1.29 is 9.47 Å². The lowest BCUT2D eigenvalue weighted by Gasteiger charge is -2.16. The molecular weight excluding hydrogens is 214 g/mol. The topological polar surface area (TPSA) is 21.7 Å². The van der Waals surface area contributed by atoms with E-state index >= 15 is 0 Å². The summed E-state index contributed by atoms with van der Waals surface area (Å²) in [6, 6.07) is 8.39. The average molecular weight is 233 g/mol. The Labute approximate surface area is 102 Å². The van der Waals surface area contributed by atoms with Crippen LogP contribution in [-0.4, -0.2) is 38.3 Å². The standard InChI is InChI=1S/C14H19NO2/c1-16-14-4-2-11(3-5-14)6-15-7-12-9-17-10-13(12)8-15/h2-5,12-13H,6-10H2,1H3/t12-,13+. The smallest absolute Gasteiger partial charge is 0.118 e. The number of hydrogen-bond donors (Lipinski definition) is 0. The second-order valence-corrected chi connectivity index (χ2v) is 5.10. The van der Waals surface area contributed by atoms with Crippen molar-refractivity contribution in [1.29, 1.82) is 0 Å². The monoisotopic (exact) mass is 233 g/mol. The van der Waals surface area contributed by atoms with Crippen LogP contribution in [0, 0.1) is 11.8 Å². The molecule has 0 unspecified atom stereocenters. The van der Waals surface area contributed by atoms with Gasteiger partial charge < -0.3 is 9.47 Å². The highest BCUT2D eigenvalue weighted by atomic mass is 16.5. The van der Waals surface area contributed by atoms with Crippen molar-refractivity contribution in [2.45, 2.75) is 6.54 Å². The molecule has 92 valence electrons. The summed E-state index contributed by atoms with van der Waals surface area (Å²) in [6.45, 7) is 5.36. The van der Waals surface area contributed by atoms with Crippen LogP contribution in [-0.2, 0) is 11.3 Å². The summed E-state index contributed by atoms with van der Waals surface area (Å²) in [6.07, 6.45) is 0. The molecule has 0 aliphatic carbocycles. The summed E-state index contributed by atoms with van der Waals surface area (Å²) >= 11 is 0. The number of fused-ring (bicyclic) bond motifs is 1. The highest BCUT2D eigenvalue weighted by molar-refractivity contribution is 5.27. The molecule has 1 aromatic carbocycles. The molecule has 0 saturated carbocycles. The van der Waals surface area contributed by atoms with Gasteiger partial charge in [-0.3, -0.25) is 4.90 Å². The SMILES string of the molecule is COc1ccc(CN2C[C@H]3COC[C@H]3C2)cc1. The van der Waals surface area contributed by atoms with E-state index in [1.54, 1.807) is 7.11 Å². The van der Waals surface area contributed by atoms with Gasteiger partial charge in [0.05, 0.1) is 20.3 Å². The van der Waals surface area contributed by atoms with Gasteiger partial charge in [0.2, 0.25) is 0 Å². The Bertz CT molecular complexity index is 364. The molecule has 0 spiro atoms. The molecule has 0 amide bonds. The number of methoxy groups -OCH3 is 1. The minimum atomic E-state index is 0.772. The Kier molecular flexibility index (Phi) is 3.04. The lowest BCUT2D eigenvalue weighted by molar-refractivity contribution is 0.153. The van der Waals surface area contributed by atoms with E-state index in [0.29, 0.717) is 0 Å². The highest BCUT2D eigenvalue weighted by Gasteiger charge is 2.36. The second kappa shape index (κ2) is 4.67. The van der Waals surface area contributed by atoms with Gasteiger partial charge >= 0.3 is 0 Å². The van der Waals surface area contributed by atoms with Crippen LogP contribution in [0.1, 0.15) is 5.56 Å². The van der Waals surface area contributed by atoms with Crippen LogP contribution in [0.3, 0.4) is 0 Å². The second-order valence-electron chi connectivity index (χ2n) is 5.10. The summed E-state index contributed by atoms with van der Waals surface area (Å²) in [4.78, 5) is 2.54. The third-order valence-electron chi connectivity index (χ3n) is 3.88. The van der Waals surface area contributed by atoms with Crippen molar-refractivity contribution >= 4 is 0 Å². The van der Waals surface area contributed by atoms with Crippen LogP contribution in [0.25, 0.3) is 0 Å². The highest BCUT2D eigenvalue weighted by Crippen LogP contribution is 2.30. The van der Waals surface area contributed by atoms with Gasteiger partial charge in [0.25, 0.3) is 0 Å². The zero-order valence-corrected chi connectivity index (χ0v) is 10.3. The molecular formula is C14H19NO2. The minimum Gasteiger partial charge on any atom is -0.497 e. The zero-order valence-electron chi connectivity index (χ0n) is 10.3. The Hall–Kier alpha value is -1.06. The maximum Gasteiger partial charge on any atom is 0.118 e. The van der Waals surface area contributed by atoms with Gasteiger partial charge in [0.1, 0.15) is 5.75 Å². The van der Waals surface area contributed by atoms with Crippen molar-refractivity contribution in [1.82, 2.24) is 4.90 Å². The number of hydrogen-bond acceptors (Lipinski definition) is 3. The van der Waals surface area contributed by atoms with E-state index in [4.69, 9.17) is 9.47 Å². The van der Waals surface area contributed by atoms with Gasteiger partial charge in [0.15, 0.2) is 0 Å². The molecule has 3 rings (SSSR count). The first-order valence-corrected chi connectivity index (χ1v) is 6.28. The van der Waals surface area contributed by atoms with Crippen LogP contribution in [0.5, 0.6) is 5.75 Å². The first-order valence-electron chi connectivity index (χ1n) is 6.28. The van der Waals surface area contributed by atoms with Gasteiger partial charge in [-0.2, -0.15) is 0 Å². The van der Waals surface area contributed by atoms with Crippen molar-refractivity contribution in [3.63, 3.8) is 0 Å². The van der Waals surface area contributed by atoms with Gasteiger partial charge in [-0.25, -0.2) is 0 Å². The maximum atomic E-state index is 5.50. The maximum absolute atomic E-state index is 5.50. The molecule has 3 nitrogen and oxygen atoms in total. The molecule has 0 N–H and O–H groups in total. The van der Waals surface area contributed by atoms with Crippen LogP contribution in [0.2, 0.25) is 0 Å². The fraction of sp³-hybridized carbons (Fsp3) is 0.571. The fourth-order valence-electron chi connectivity index (χ4n) is 2.90. The van der Waals surface area contributed by atoms with Crippen LogP contribution in [0.4, 0.5) is 0 Å². The molecule has 2 heterocycles. The first kappa shape index (κ1) is 11.1. The quantitative estimate of drug-likeness (QED) is 0.794. The first-order chi connectivity index (χ1) is 8.35. The zero-order chi connectivity index (χ0) is 11.7. The predicted octanol–water partition coefficient (Wildman–Crippen LogP) is 1.77. The van der Waals surface area contributed by atoms with E-state index in [1.807, 2.05) is 12.1 Å². The number of benzene rings is 1. The summed E-state index contributed by atoms with van der Waals surface area (Å²) < 4.78 is 10.7. The van der Waals surface area contributed by atoms with Gasteiger partial charge in [0, 0.05) is 31.5 Å². The molecule has 0 aromatic heterocycles. The molecule has 3 heteroatoms. The third kappa shape index (κ3) is 2.31. The molecule has 17 heavy (non-hydrogen) atoms. The summed E-state index contributed by atoms with van der Waals surface area (Å²) in [5.41, 5.74) is 1.37. The summed E-state index contributed by atoms with van der Waals surface area (Å²) in [5, 5.41) is 0. The number of nitrogens with zero attached hydrogens (tertiary/aromatic N) is 1. The third-order valence-corrected chi connectivity index (χ3v) is 3.88. The van der Waals surface area contributed by atoms with E-state index in [9.17, 15) is 0 Å². The van der Waals surface area contributed by atoms with Crippen molar-refractivity contribution in [3.8, 4) is 5.75 Å². The number of rotatable bonds is 3.